The number of rotatable bonds is 5. The van der Waals surface area contributed by atoms with E-state index < -0.39 is 6.10 Å². The fraction of sp³-hybridized carbons (Fsp3) is 0.429. The van der Waals surface area contributed by atoms with Gasteiger partial charge in [-0.2, -0.15) is 5.10 Å². The van der Waals surface area contributed by atoms with Crippen LogP contribution in [0.1, 0.15) is 37.4 Å². The summed E-state index contributed by atoms with van der Waals surface area (Å²) in [5.74, 6) is 1.42. The summed E-state index contributed by atoms with van der Waals surface area (Å²) in [6.45, 7) is 4.07. The van der Waals surface area contributed by atoms with Crippen molar-refractivity contribution in [3.05, 3.63) is 40.4 Å². The van der Waals surface area contributed by atoms with Gasteiger partial charge in [-0.15, -0.1) is 0 Å². The molecule has 2 aromatic rings. The summed E-state index contributed by atoms with van der Waals surface area (Å²) >= 11 is 3.39. The van der Waals surface area contributed by atoms with Gasteiger partial charge >= 0.3 is 0 Å². The predicted octanol–water partition coefficient (Wildman–Crippen LogP) is 2.91. The molecule has 1 unspecified atom stereocenters. The summed E-state index contributed by atoms with van der Waals surface area (Å²) in [6.07, 6.45) is 1.23. The topological polar surface area (TPSA) is 60.2 Å². The predicted molar refractivity (Wildman–Crippen MR) is 79.8 cm³/mol. The zero-order chi connectivity index (χ0) is 14.7. The Bertz CT molecular complexity index is 584. The first-order valence-corrected chi connectivity index (χ1v) is 7.22. The number of ether oxygens (including phenoxy) is 1. The Hall–Kier alpha value is -1.40. The molecule has 0 saturated carbocycles. The van der Waals surface area contributed by atoms with E-state index in [4.69, 9.17) is 4.74 Å². The fourth-order valence-corrected chi connectivity index (χ4v) is 2.43. The monoisotopic (exact) mass is 339 g/mol. The van der Waals surface area contributed by atoms with E-state index in [0.717, 1.165) is 15.9 Å². The number of aliphatic hydroxyl groups excluding tert-OH is 1. The van der Waals surface area contributed by atoms with Crippen LogP contribution in [0.5, 0.6) is 5.75 Å². The summed E-state index contributed by atoms with van der Waals surface area (Å²) in [7, 11) is 1.59. The highest BCUT2D eigenvalue weighted by Gasteiger charge is 2.18. The van der Waals surface area contributed by atoms with Gasteiger partial charge in [-0.05, 0) is 26.0 Å². The second-order valence-corrected chi connectivity index (χ2v) is 5.74. The fourth-order valence-electron chi connectivity index (χ4n) is 2.09. The lowest BCUT2D eigenvalue weighted by Gasteiger charge is -2.16. The lowest BCUT2D eigenvalue weighted by molar-refractivity contribution is 0.169. The minimum Gasteiger partial charge on any atom is -0.496 e. The Balaban J connectivity index is 2.24. The van der Waals surface area contributed by atoms with Gasteiger partial charge in [-0.1, -0.05) is 22.0 Å². The van der Waals surface area contributed by atoms with Crippen LogP contribution in [-0.2, 0) is 6.42 Å². The smallest absolute Gasteiger partial charge is 0.138 e. The van der Waals surface area contributed by atoms with Gasteiger partial charge in [0.2, 0.25) is 0 Å². The molecule has 0 radical (unpaired) electrons. The van der Waals surface area contributed by atoms with Crippen LogP contribution in [0.2, 0.25) is 0 Å². The van der Waals surface area contributed by atoms with Gasteiger partial charge in [-0.3, -0.25) is 0 Å². The second kappa shape index (κ2) is 6.37. The minimum atomic E-state index is -0.681. The van der Waals surface area contributed by atoms with Gasteiger partial charge in [0, 0.05) is 22.5 Å². The maximum absolute atomic E-state index is 10.4. The number of halogens is 1. The highest BCUT2D eigenvalue weighted by molar-refractivity contribution is 9.10. The first-order valence-electron chi connectivity index (χ1n) is 6.42. The Labute approximate surface area is 126 Å². The second-order valence-electron chi connectivity index (χ2n) is 4.82. The normalized spacial score (nSPS) is 12.7. The van der Waals surface area contributed by atoms with Crippen molar-refractivity contribution < 1.29 is 9.84 Å². The number of benzene rings is 1. The lowest BCUT2D eigenvalue weighted by Crippen LogP contribution is -2.12. The number of hydrogen-bond acceptors (Lipinski definition) is 4. The van der Waals surface area contributed by atoms with Gasteiger partial charge in [-0.25, -0.2) is 9.67 Å². The van der Waals surface area contributed by atoms with E-state index in [9.17, 15) is 5.11 Å². The van der Waals surface area contributed by atoms with Gasteiger partial charge in [0.15, 0.2) is 0 Å². The van der Waals surface area contributed by atoms with E-state index in [1.54, 1.807) is 7.11 Å². The van der Waals surface area contributed by atoms with E-state index in [2.05, 4.69) is 26.0 Å². The largest absolute Gasteiger partial charge is 0.496 e. The highest BCUT2D eigenvalue weighted by Crippen LogP contribution is 2.30. The molecule has 1 N–H and O–H groups in total. The Morgan fingerprint density at radius 1 is 1.40 bits per heavy atom. The highest BCUT2D eigenvalue weighted by atomic mass is 79.9. The third kappa shape index (κ3) is 3.19. The van der Waals surface area contributed by atoms with Gasteiger partial charge in [0.1, 0.15) is 17.9 Å². The number of aromatic nitrogens is 3. The molecular formula is C14H18BrN3O2. The van der Waals surface area contributed by atoms with Crippen molar-refractivity contribution >= 4 is 15.9 Å². The van der Waals surface area contributed by atoms with Gasteiger partial charge in [0.25, 0.3) is 0 Å². The van der Waals surface area contributed by atoms with Crippen LogP contribution in [0.3, 0.4) is 0 Å². The molecule has 0 saturated heterocycles. The van der Waals surface area contributed by atoms with Crippen LogP contribution in [0.25, 0.3) is 0 Å². The van der Waals surface area contributed by atoms with E-state index in [0.29, 0.717) is 12.2 Å². The van der Waals surface area contributed by atoms with Crippen molar-refractivity contribution in [1.82, 2.24) is 14.8 Å². The summed E-state index contributed by atoms with van der Waals surface area (Å²) in [5, 5.41) is 14.6. The summed E-state index contributed by atoms with van der Waals surface area (Å²) in [6, 6.07) is 5.79. The van der Waals surface area contributed by atoms with Crippen LogP contribution in [0.15, 0.2) is 29.0 Å². The maximum atomic E-state index is 10.4. The van der Waals surface area contributed by atoms with Crippen molar-refractivity contribution in [2.45, 2.75) is 32.4 Å². The standard InChI is InChI=1S/C14H18BrN3O2/c1-9(2)18-14(16-8-17-18)7-12(19)11-5-4-10(15)6-13(11)20-3/h4-6,8-9,12,19H,7H2,1-3H3. The molecule has 2 rings (SSSR count). The molecule has 1 atom stereocenters. The first kappa shape index (κ1) is 15.0. The minimum absolute atomic E-state index is 0.214. The van der Waals surface area contributed by atoms with E-state index in [-0.39, 0.29) is 6.04 Å². The molecule has 0 amide bonds. The van der Waals surface area contributed by atoms with Crippen molar-refractivity contribution in [3.8, 4) is 5.75 Å². The molecule has 5 nitrogen and oxygen atoms in total. The van der Waals surface area contributed by atoms with Crippen LogP contribution >= 0.6 is 15.9 Å². The molecular weight excluding hydrogens is 322 g/mol. The van der Waals surface area contributed by atoms with Crippen molar-refractivity contribution in [2.75, 3.05) is 7.11 Å². The van der Waals surface area contributed by atoms with Gasteiger partial charge < -0.3 is 9.84 Å². The Kier molecular flexibility index (Phi) is 4.77. The molecule has 0 aliphatic heterocycles. The van der Waals surface area contributed by atoms with Crippen LogP contribution in [-0.4, -0.2) is 27.0 Å². The van der Waals surface area contributed by atoms with Crippen LogP contribution in [0.4, 0.5) is 0 Å². The summed E-state index contributed by atoms with van der Waals surface area (Å²) in [5.41, 5.74) is 0.744. The van der Waals surface area contributed by atoms with Crippen LogP contribution < -0.4 is 4.74 Å². The van der Waals surface area contributed by atoms with E-state index >= 15 is 0 Å². The molecule has 0 aliphatic carbocycles. The molecule has 0 aliphatic rings. The average Bonchev–Trinajstić information content (AvgIpc) is 2.86. The molecule has 0 bridgehead atoms. The zero-order valence-electron chi connectivity index (χ0n) is 11.7. The molecule has 20 heavy (non-hydrogen) atoms. The molecule has 6 heteroatoms. The zero-order valence-corrected chi connectivity index (χ0v) is 13.3. The number of methoxy groups -OCH3 is 1. The number of hydrogen-bond donors (Lipinski definition) is 1. The average molecular weight is 340 g/mol. The summed E-state index contributed by atoms with van der Waals surface area (Å²) < 4.78 is 8.04. The maximum Gasteiger partial charge on any atom is 0.138 e. The quantitative estimate of drug-likeness (QED) is 0.909. The molecule has 1 aromatic carbocycles. The number of aliphatic hydroxyl groups is 1. The third-order valence-corrected chi connectivity index (χ3v) is 3.56. The Morgan fingerprint density at radius 3 is 2.80 bits per heavy atom. The third-order valence-electron chi connectivity index (χ3n) is 3.07. The van der Waals surface area contributed by atoms with Crippen LogP contribution in [0, 0.1) is 0 Å². The molecule has 0 spiro atoms. The first-order chi connectivity index (χ1) is 9.52. The Morgan fingerprint density at radius 2 is 2.15 bits per heavy atom. The van der Waals surface area contributed by atoms with E-state index in [1.807, 2.05) is 36.7 Å². The van der Waals surface area contributed by atoms with E-state index in [1.165, 1.54) is 6.33 Å². The van der Waals surface area contributed by atoms with Crippen molar-refractivity contribution in [2.24, 2.45) is 0 Å². The number of nitrogens with zero attached hydrogens (tertiary/aromatic N) is 3. The lowest BCUT2D eigenvalue weighted by atomic mass is 10.1. The molecule has 0 fully saturated rings. The summed E-state index contributed by atoms with van der Waals surface area (Å²) in [4.78, 5) is 4.22. The van der Waals surface area contributed by atoms with Crippen molar-refractivity contribution in [1.29, 1.82) is 0 Å². The SMILES string of the molecule is COc1cc(Br)ccc1C(O)Cc1ncnn1C(C)C. The molecule has 1 heterocycles. The van der Waals surface area contributed by atoms with Gasteiger partial charge in [0.05, 0.1) is 13.2 Å². The molecule has 108 valence electrons. The molecule has 1 aromatic heterocycles. The van der Waals surface area contributed by atoms with Crippen molar-refractivity contribution in [3.63, 3.8) is 0 Å².